The lowest BCUT2D eigenvalue weighted by atomic mass is 9.81. The molecule has 1 aliphatic carbocycles. The molecule has 16 heavy (non-hydrogen) atoms. The van der Waals surface area contributed by atoms with Crippen molar-refractivity contribution in [2.45, 2.75) is 45.6 Å². The molecule has 0 radical (unpaired) electrons. The molecule has 1 aromatic heterocycles. The average molecular weight is 223 g/mol. The van der Waals surface area contributed by atoms with Gasteiger partial charge in [-0.15, -0.1) is 5.10 Å². The maximum atomic E-state index is 11.1. The van der Waals surface area contributed by atoms with Crippen molar-refractivity contribution in [3.8, 4) is 0 Å². The standard InChI is InChI=1S/C11H17N3O2/c1-3-14-10-8(7(2)11(15)16)5-4-6-9(10)12-13-14/h7-8H,3-6H2,1-2H3,(H,15,16). The van der Waals surface area contributed by atoms with Gasteiger partial charge in [0.1, 0.15) is 0 Å². The van der Waals surface area contributed by atoms with Gasteiger partial charge < -0.3 is 5.11 Å². The molecule has 2 unspecified atom stereocenters. The van der Waals surface area contributed by atoms with Crippen LogP contribution in [0.25, 0.3) is 0 Å². The van der Waals surface area contributed by atoms with Crippen molar-refractivity contribution in [3.63, 3.8) is 0 Å². The zero-order chi connectivity index (χ0) is 11.7. The fourth-order valence-corrected chi connectivity index (χ4v) is 2.46. The first-order valence-corrected chi connectivity index (χ1v) is 5.80. The van der Waals surface area contributed by atoms with Crippen LogP contribution in [-0.4, -0.2) is 26.1 Å². The summed E-state index contributed by atoms with van der Waals surface area (Å²) in [5, 5.41) is 17.3. The van der Waals surface area contributed by atoms with E-state index in [0.717, 1.165) is 37.2 Å². The van der Waals surface area contributed by atoms with Crippen LogP contribution in [0.4, 0.5) is 0 Å². The van der Waals surface area contributed by atoms with E-state index in [1.807, 2.05) is 11.6 Å². The van der Waals surface area contributed by atoms with Gasteiger partial charge in [-0.3, -0.25) is 4.79 Å². The van der Waals surface area contributed by atoms with E-state index in [-0.39, 0.29) is 11.8 Å². The Hall–Kier alpha value is -1.39. The first-order valence-electron chi connectivity index (χ1n) is 5.80. The third-order valence-corrected chi connectivity index (χ3v) is 3.42. The second-order valence-electron chi connectivity index (χ2n) is 4.36. The SMILES string of the molecule is CCn1nnc2c1C(C(C)C(=O)O)CCC2. The topological polar surface area (TPSA) is 68.0 Å². The van der Waals surface area contributed by atoms with Crippen LogP contribution in [-0.2, 0) is 17.8 Å². The zero-order valence-electron chi connectivity index (χ0n) is 9.68. The number of aromatic nitrogens is 3. The fourth-order valence-electron chi connectivity index (χ4n) is 2.46. The number of carbonyl (C=O) groups is 1. The molecule has 2 rings (SSSR count). The molecule has 0 saturated heterocycles. The van der Waals surface area contributed by atoms with Crippen LogP contribution < -0.4 is 0 Å². The van der Waals surface area contributed by atoms with Crippen LogP contribution in [0.1, 0.15) is 44.0 Å². The molecule has 5 heteroatoms. The van der Waals surface area contributed by atoms with Crippen molar-refractivity contribution in [2.24, 2.45) is 5.92 Å². The van der Waals surface area contributed by atoms with Gasteiger partial charge in [0.15, 0.2) is 0 Å². The summed E-state index contributed by atoms with van der Waals surface area (Å²) in [5.41, 5.74) is 2.04. The van der Waals surface area contributed by atoms with Crippen molar-refractivity contribution >= 4 is 5.97 Å². The van der Waals surface area contributed by atoms with Gasteiger partial charge in [-0.1, -0.05) is 12.1 Å². The lowest BCUT2D eigenvalue weighted by molar-refractivity contribution is -0.142. The highest BCUT2D eigenvalue weighted by molar-refractivity contribution is 5.71. The summed E-state index contributed by atoms with van der Waals surface area (Å²) < 4.78 is 1.85. The van der Waals surface area contributed by atoms with E-state index >= 15 is 0 Å². The smallest absolute Gasteiger partial charge is 0.306 e. The number of carboxylic acids is 1. The molecule has 0 saturated carbocycles. The van der Waals surface area contributed by atoms with E-state index < -0.39 is 5.97 Å². The summed E-state index contributed by atoms with van der Waals surface area (Å²) >= 11 is 0. The molecule has 0 aliphatic heterocycles. The molecule has 0 spiro atoms. The number of nitrogens with zero attached hydrogens (tertiary/aromatic N) is 3. The van der Waals surface area contributed by atoms with Crippen molar-refractivity contribution in [3.05, 3.63) is 11.4 Å². The van der Waals surface area contributed by atoms with Crippen molar-refractivity contribution in [1.29, 1.82) is 0 Å². The molecular weight excluding hydrogens is 206 g/mol. The van der Waals surface area contributed by atoms with Gasteiger partial charge in [0, 0.05) is 12.5 Å². The molecule has 1 aromatic rings. The number of rotatable bonds is 3. The highest BCUT2D eigenvalue weighted by Gasteiger charge is 2.33. The normalized spacial score (nSPS) is 21.5. The van der Waals surface area contributed by atoms with E-state index in [2.05, 4.69) is 10.3 Å². The van der Waals surface area contributed by atoms with Gasteiger partial charge in [0.25, 0.3) is 0 Å². The molecular formula is C11H17N3O2. The minimum absolute atomic E-state index is 0.0659. The van der Waals surface area contributed by atoms with Crippen LogP contribution in [0.3, 0.4) is 0 Å². The molecule has 0 bridgehead atoms. The molecule has 88 valence electrons. The molecule has 1 N–H and O–H groups in total. The highest BCUT2D eigenvalue weighted by Crippen LogP contribution is 2.35. The second-order valence-corrected chi connectivity index (χ2v) is 4.36. The quantitative estimate of drug-likeness (QED) is 0.841. The number of aryl methyl sites for hydroxylation is 2. The monoisotopic (exact) mass is 223 g/mol. The summed E-state index contributed by atoms with van der Waals surface area (Å²) in [6.45, 7) is 4.53. The lowest BCUT2D eigenvalue weighted by Gasteiger charge is -2.25. The van der Waals surface area contributed by atoms with E-state index in [9.17, 15) is 4.79 Å². The Kier molecular flexibility index (Phi) is 2.94. The molecule has 0 amide bonds. The first-order chi connectivity index (χ1) is 7.65. The Morgan fingerprint density at radius 2 is 2.44 bits per heavy atom. The summed E-state index contributed by atoms with van der Waals surface area (Å²) in [6.07, 6.45) is 2.86. The van der Waals surface area contributed by atoms with Crippen molar-refractivity contribution in [2.75, 3.05) is 0 Å². The summed E-state index contributed by atoms with van der Waals surface area (Å²) in [7, 11) is 0. The summed E-state index contributed by atoms with van der Waals surface area (Å²) in [4.78, 5) is 11.1. The zero-order valence-corrected chi connectivity index (χ0v) is 9.68. The average Bonchev–Trinajstić information content (AvgIpc) is 2.70. The van der Waals surface area contributed by atoms with Gasteiger partial charge in [-0.25, -0.2) is 4.68 Å². The fraction of sp³-hybridized carbons (Fsp3) is 0.727. The van der Waals surface area contributed by atoms with E-state index in [4.69, 9.17) is 5.11 Å². The maximum Gasteiger partial charge on any atom is 0.306 e. The number of carboxylic acid groups (broad SMARTS) is 1. The Morgan fingerprint density at radius 3 is 3.06 bits per heavy atom. The number of hydrogen-bond acceptors (Lipinski definition) is 3. The van der Waals surface area contributed by atoms with Crippen LogP contribution >= 0.6 is 0 Å². The third-order valence-electron chi connectivity index (χ3n) is 3.42. The molecule has 2 atom stereocenters. The van der Waals surface area contributed by atoms with Gasteiger partial charge in [-0.05, 0) is 26.2 Å². The van der Waals surface area contributed by atoms with Crippen molar-refractivity contribution in [1.82, 2.24) is 15.0 Å². The predicted molar refractivity (Wildman–Crippen MR) is 58.2 cm³/mol. The van der Waals surface area contributed by atoms with Crippen LogP contribution in [0.15, 0.2) is 0 Å². The number of aliphatic carboxylic acids is 1. The Labute approximate surface area is 94.5 Å². The highest BCUT2D eigenvalue weighted by atomic mass is 16.4. The first kappa shape index (κ1) is 11.1. The molecule has 1 aliphatic rings. The van der Waals surface area contributed by atoms with Crippen LogP contribution in [0, 0.1) is 5.92 Å². The number of fused-ring (bicyclic) bond motifs is 1. The maximum absolute atomic E-state index is 11.1. The minimum Gasteiger partial charge on any atom is -0.481 e. The molecule has 5 nitrogen and oxygen atoms in total. The predicted octanol–water partition coefficient (Wildman–Crippen LogP) is 1.44. The Morgan fingerprint density at radius 1 is 1.69 bits per heavy atom. The van der Waals surface area contributed by atoms with Gasteiger partial charge in [0.2, 0.25) is 0 Å². The van der Waals surface area contributed by atoms with Crippen molar-refractivity contribution < 1.29 is 9.90 Å². The van der Waals surface area contributed by atoms with Crippen LogP contribution in [0.5, 0.6) is 0 Å². The summed E-state index contributed by atoms with van der Waals surface area (Å²) in [6, 6.07) is 0. The summed E-state index contributed by atoms with van der Waals surface area (Å²) in [5.74, 6) is -1.03. The van der Waals surface area contributed by atoms with Gasteiger partial charge in [-0.2, -0.15) is 0 Å². The molecule has 0 aromatic carbocycles. The number of hydrogen-bond donors (Lipinski definition) is 1. The lowest BCUT2D eigenvalue weighted by Crippen LogP contribution is -2.25. The second kappa shape index (κ2) is 4.23. The largest absolute Gasteiger partial charge is 0.481 e. The van der Waals surface area contributed by atoms with Gasteiger partial charge >= 0.3 is 5.97 Å². The minimum atomic E-state index is -0.735. The van der Waals surface area contributed by atoms with E-state index in [0.29, 0.717) is 0 Å². The molecule has 0 fully saturated rings. The third kappa shape index (κ3) is 1.70. The van der Waals surface area contributed by atoms with Gasteiger partial charge in [0.05, 0.1) is 17.3 Å². The van der Waals surface area contributed by atoms with E-state index in [1.54, 1.807) is 6.92 Å². The Bertz CT molecular complexity index is 386. The Balaban J connectivity index is 2.38. The van der Waals surface area contributed by atoms with Crippen LogP contribution in [0.2, 0.25) is 0 Å². The van der Waals surface area contributed by atoms with E-state index in [1.165, 1.54) is 0 Å². The molecule has 1 heterocycles.